The second-order valence-corrected chi connectivity index (χ2v) is 4.23. The topological polar surface area (TPSA) is 30.5 Å². The van der Waals surface area contributed by atoms with E-state index in [2.05, 4.69) is 12.2 Å². The zero-order valence-electron chi connectivity index (χ0n) is 10.1. The van der Waals surface area contributed by atoms with Gasteiger partial charge in [-0.2, -0.15) is 0 Å². The number of nitrogens with one attached hydrogen (secondary N) is 1. The summed E-state index contributed by atoms with van der Waals surface area (Å²) in [5, 5.41) is 3.34. The molecule has 0 aromatic carbocycles. The van der Waals surface area contributed by atoms with E-state index in [1.165, 1.54) is 32.1 Å². The number of likely N-dealkylation sites (N-methyl/N-ethyl adjacent to an activating group) is 1. The first-order chi connectivity index (χ1) is 7.38. The summed E-state index contributed by atoms with van der Waals surface area (Å²) >= 11 is 0. The average molecular weight is 215 g/mol. The van der Waals surface area contributed by atoms with Crippen molar-refractivity contribution in [2.45, 2.75) is 51.2 Å². The van der Waals surface area contributed by atoms with Crippen LogP contribution in [0.4, 0.5) is 0 Å². The largest absolute Gasteiger partial charge is 0.376 e. The summed E-state index contributed by atoms with van der Waals surface area (Å²) in [4.78, 5) is 0. The molecule has 2 atom stereocenters. The molecular formula is C12H25NO2. The molecule has 1 fully saturated rings. The molecule has 1 aliphatic heterocycles. The molecule has 15 heavy (non-hydrogen) atoms. The van der Waals surface area contributed by atoms with E-state index < -0.39 is 0 Å². The molecule has 0 radical (unpaired) electrons. The molecule has 1 N–H and O–H groups in total. The Kier molecular flexibility index (Phi) is 6.98. The summed E-state index contributed by atoms with van der Waals surface area (Å²) in [6.45, 7) is 4.49. The van der Waals surface area contributed by atoms with Crippen LogP contribution in [0.3, 0.4) is 0 Å². The highest BCUT2D eigenvalue weighted by atomic mass is 16.6. The van der Waals surface area contributed by atoms with Gasteiger partial charge in [0.1, 0.15) is 0 Å². The van der Waals surface area contributed by atoms with E-state index in [1.807, 2.05) is 7.05 Å². The summed E-state index contributed by atoms with van der Waals surface area (Å²) in [6.07, 6.45) is 6.72. The predicted molar refractivity (Wildman–Crippen MR) is 62.2 cm³/mol. The fourth-order valence-corrected chi connectivity index (χ4v) is 2.05. The first-order valence-electron chi connectivity index (χ1n) is 6.25. The van der Waals surface area contributed by atoms with Crippen molar-refractivity contribution in [1.82, 2.24) is 5.32 Å². The van der Waals surface area contributed by atoms with Crippen LogP contribution in [0.5, 0.6) is 0 Å². The van der Waals surface area contributed by atoms with Crippen LogP contribution in [0.15, 0.2) is 0 Å². The molecule has 1 rings (SSSR count). The van der Waals surface area contributed by atoms with Crippen molar-refractivity contribution in [3.05, 3.63) is 0 Å². The summed E-state index contributed by atoms with van der Waals surface area (Å²) in [7, 11) is 2.02. The maximum Gasteiger partial charge on any atom is 0.0961 e. The van der Waals surface area contributed by atoms with Crippen LogP contribution < -0.4 is 5.32 Å². The maximum absolute atomic E-state index is 5.70. The van der Waals surface area contributed by atoms with Gasteiger partial charge in [0, 0.05) is 6.04 Å². The Morgan fingerprint density at radius 3 is 2.73 bits per heavy atom. The summed E-state index contributed by atoms with van der Waals surface area (Å²) < 4.78 is 11.1. The zero-order valence-corrected chi connectivity index (χ0v) is 10.1. The van der Waals surface area contributed by atoms with Crippen molar-refractivity contribution in [2.24, 2.45) is 0 Å². The summed E-state index contributed by atoms with van der Waals surface area (Å²) in [5.74, 6) is 0. The van der Waals surface area contributed by atoms with Crippen LogP contribution in [0.2, 0.25) is 0 Å². The first kappa shape index (κ1) is 12.9. The van der Waals surface area contributed by atoms with Gasteiger partial charge in [0.05, 0.1) is 25.9 Å². The molecule has 0 amide bonds. The van der Waals surface area contributed by atoms with Crippen molar-refractivity contribution in [3.8, 4) is 0 Å². The highest BCUT2D eigenvalue weighted by molar-refractivity contribution is 4.77. The van der Waals surface area contributed by atoms with Crippen molar-refractivity contribution >= 4 is 0 Å². The average Bonchev–Trinajstić information content (AvgIpc) is 2.30. The summed E-state index contributed by atoms with van der Waals surface area (Å²) in [5.41, 5.74) is 0. The number of ether oxygens (including phenoxy) is 2. The van der Waals surface area contributed by atoms with Crippen LogP contribution >= 0.6 is 0 Å². The molecule has 1 saturated heterocycles. The molecule has 2 unspecified atom stereocenters. The van der Waals surface area contributed by atoms with Crippen LogP contribution in [0.1, 0.15) is 39.0 Å². The van der Waals surface area contributed by atoms with Crippen molar-refractivity contribution in [1.29, 1.82) is 0 Å². The smallest absolute Gasteiger partial charge is 0.0961 e. The number of hydrogen-bond donors (Lipinski definition) is 1. The second kappa shape index (κ2) is 8.08. The Balaban J connectivity index is 2.15. The Morgan fingerprint density at radius 2 is 2.13 bits per heavy atom. The van der Waals surface area contributed by atoms with Gasteiger partial charge in [-0.05, 0) is 13.5 Å². The Morgan fingerprint density at radius 1 is 1.27 bits per heavy atom. The molecule has 3 nitrogen and oxygen atoms in total. The normalized spacial score (nSPS) is 24.0. The third-order valence-corrected chi connectivity index (χ3v) is 3.03. The maximum atomic E-state index is 5.70. The van der Waals surface area contributed by atoms with Gasteiger partial charge in [0.2, 0.25) is 0 Å². The van der Waals surface area contributed by atoms with Crippen LogP contribution in [-0.2, 0) is 9.47 Å². The fraction of sp³-hybridized carbons (Fsp3) is 1.00. The van der Waals surface area contributed by atoms with Gasteiger partial charge in [-0.25, -0.2) is 0 Å². The lowest BCUT2D eigenvalue weighted by atomic mass is 10.0. The van der Waals surface area contributed by atoms with E-state index in [-0.39, 0.29) is 6.10 Å². The molecule has 0 saturated carbocycles. The van der Waals surface area contributed by atoms with Gasteiger partial charge < -0.3 is 14.8 Å². The van der Waals surface area contributed by atoms with Gasteiger partial charge in [-0.15, -0.1) is 0 Å². The minimum atomic E-state index is 0.255. The second-order valence-electron chi connectivity index (χ2n) is 4.23. The first-order valence-corrected chi connectivity index (χ1v) is 6.25. The molecule has 0 spiro atoms. The monoisotopic (exact) mass is 215 g/mol. The fourth-order valence-electron chi connectivity index (χ4n) is 2.05. The lowest BCUT2D eigenvalue weighted by molar-refractivity contribution is -0.102. The third-order valence-electron chi connectivity index (χ3n) is 3.03. The molecular weight excluding hydrogens is 190 g/mol. The van der Waals surface area contributed by atoms with Crippen LogP contribution in [0, 0.1) is 0 Å². The van der Waals surface area contributed by atoms with E-state index in [0.717, 1.165) is 19.8 Å². The third kappa shape index (κ3) is 4.96. The predicted octanol–water partition coefficient (Wildman–Crippen LogP) is 1.96. The molecule has 0 aromatic rings. The van der Waals surface area contributed by atoms with Gasteiger partial charge in [-0.1, -0.05) is 32.6 Å². The molecule has 0 aromatic heterocycles. The lowest BCUT2D eigenvalue weighted by Gasteiger charge is -2.30. The van der Waals surface area contributed by atoms with E-state index in [1.54, 1.807) is 0 Å². The standard InChI is InChI=1S/C12H25NO2/c1-3-4-5-6-7-11(13-2)12-10-14-8-9-15-12/h11-13H,3-10H2,1-2H3. The Hall–Kier alpha value is -0.120. The molecule has 90 valence electrons. The van der Waals surface area contributed by atoms with Crippen molar-refractivity contribution < 1.29 is 9.47 Å². The van der Waals surface area contributed by atoms with Crippen molar-refractivity contribution in [3.63, 3.8) is 0 Å². The molecule has 3 heteroatoms. The van der Waals surface area contributed by atoms with Gasteiger partial charge in [-0.3, -0.25) is 0 Å². The SMILES string of the molecule is CCCCCCC(NC)C1COCCO1. The molecule has 1 heterocycles. The summed E-state index contributed by atoms with van der Waals surface area (Å²) in [6, 6.07) is 0.460. The Bertz CT molecular complexity index is 147. The minimum absolute atomic E-state index is 0.255. The molecule has 1 aliphatic rings. The van der Waals surface area contributed by atoms with E-state index in [9.17, 15) is 0 Å². The van der Waals surface area contributed by atoms with Crippen LogP contribution in [-0.4, -0.2) is 39.0 Å². The minimum Gasteiger partial charge on any atom is -0.376 e. The zero-order chi connectivity index (χ0) is 10.9. The van der Waals surface area contributed by atoms with Gasteiger partial charge in [0.15, 0.2) is 0 Å². The lowest BCUT2D eigenvalue weighted by Crippen LogP contribution is -2.45. The van der Waals surface area contributed by atoms with E-state index in [0.29, 0.717) is 6.04 Å². The molecule has 0 aliphatic carbocycles. The quantitative estimate of drug-likeness (QED) is 0.659. The van der Waals surface area contributed by atoms with Crippen molar-refractivity contribution in [2.75, 3.05) is 26.9 Å². The highest BCUT2D eigenvalue weighted by Crippen LogP contribution is 2.13. The molecule has 0 bridgehead atoms. The highest BCUT2D eigenvalue weighted by Gasteiger charge is 2.23. The van der Waals surface area contributed by atoms with Crippen LogP contribution in [0.25, 0.3) is 0 Å². The van der Waals surface area contributed by atoms with E-state index in [4.69, 9.17) is 9.47 Å². The number of unbranched alkanes of at least 4 members (excludes halogenated alkanes) is 3. The number of rotatable bonds is 7. The van der Waals surface area contributed by atoms with Gasteiger partial charge >= 0.3 is 0 Å². The Labute approximate surface area is 93.5 Å². The number of hydrogen-bond acceptors (Lipinski definition) is 3. The van der Waals surface area contributed by atoms with Gasteiger partial charge in [0.25, 0.3) is 0 Å². The van der Waals surface area contributed by atoms with E-state index >= 15 is 0 Å².